The number of anilines is 2. The molecule has 21 heteroatoms. The van der Waals surface area contributed by atoms with E-state index < -0.39 is 18.0 Å². The summed E-state index contributed by atoms with van der Waals surface area (Å²) in [6, 6.07) is 8.09. The summed E-state index contributed by atoms with van der Waals surface area (Å²) in [5.74, 6) is 0.00814. The van der Waals surface area contributed by atoms with Crippen molar-refractivity contribution in [1.29, 1.82) is 0 Å². The molecule has 67 heavy (non-hydrogen) atoms. The molecule has 7 N–H and O–H groups in total. The maximum Gasteiger partial charge on any atom is 0.269 e. The number of imidazole rings is 2. The number of aromatic nitrogens is 7. The summed E-state index contributed by atoms with van der Waals surface area (Å²) in [4.78, 5) is 70.2. The summed E-state index contributed by atoms with van der Waals surface area (Å²) in [5.41, 5.74) is 15.7. The van der Waals surface area contributed by atoms with E-state index in [-0.39, 0.29) is 53.8 Å². The highest BCUT2D eigenvalue weighted by Crippen LogP contribution is 2.35. The number of thiazole rings is 1. The largest absolute Gasteiger partial charge is 0.494 e. The van der Waals surface area contributed by atoms with E-state index in [1.54, 1.807) is 33.5 Å². The van der Waals surface area contributed by atoms with Crippen LogP contribution in [0.25, 0.3) is 22.1 Å². The van der Waals surface area contributed by atoms with Gasteiger partial charge in [-0.25, -0.2) is 15.0 Å². The summed E-state index contributed by atoms with van der Waals surface area (Å²) < 4.78 is 17.5. The highest BCUT2D eigenvalue weighted by Gasteiger charge is 2.34. The number of nitrogens with one attached hydrogen (secondary N) is 2. The summed E-state index contributed by atoms with van der Waals surface area (Å²) >= 11 is 1.29. The number of benzene rings is 2. The Bertz CT molecular complexity index is 2870. The van der Waals surface area contributed by atoms with Crippen LogP contribution in [0.2, 0.25) is 0 Å². The van der Waals surface area contributed by atoms with Crippen molar-refractivity contribution in [3.63, 3.8) is 0 Å². The van der Waals surface area contributed by atoms with E-state index in [0.717, 1.165) is 43.2 Å². The van der Waals surface area contributed by atoms with Gasteiger partial charge in [0.25, 0.3) is 5.91 Å². The highest BCUT2D eigenvalue weighted by atomic mass is 32.1. The van der Waals surface area contributed by atoms with E-state index in [0.29, 0.717) is 88.9 Å². The number of hydrogen-bond acceptors (Lipinski definition) is 14. The lowest BCUT2D eigenvalue weighted by molar-refractivity contribution is -0.134. The number of allylic oxidation sites excluding steroid dienone is 2. The molecule has 4 amide bonds. The lowest BCUT2D eigenvalue weighted by atomic mass is 10.1. The summed E-state index contributed by atoms with van der Waals surface area (Å²) in [6.07, 6.45) is 5.80. The molecule has 0 bridgehead atoms. The third kappa shape index (κ3) is 10.1. The number of rotatable bonds is 20. The molecule has 0 radical (unpaired) electrons. The predicted molar refractivity (Wildman–Crippen MR) is 253 cm³/mol. The standard InChI is InChI=1S/C46H57N13O7S/c1-6-31-39(67-27(4)49-31)43(63)53-46-50-32-22-29(40(47)60)24-35(65-5)37(32)57(46)14-8-9-15-58-38-33(51-45(58)52-42(62)34-21-26(3)54-59(34)7-2)23-30(41(48)61)25-36(38)66-20-10-13-55-16-18-56(19-17-55)44(64)28-11-12-28/h8-9,21-25,28,42,62H,6-7,10-20H2,1-5H3,(H2,47,60)(H2,48,61)(H,51,52)(H,50,53,63)/b9-8+. The molecule has 1 saturated carbocycles. The third-order valence-electron chi connectivity index (χ3n) is 12.0. The van der Waals surface area contributed by atoms with E-state index in [1.165, 1.54) is 24.5 Å². The van der Waals surface area contributed by atoms with E-state index in [2.05, 4.69) is 25.6 Å². The zero-order valence-electron chi connectivity index (χ0n) is 38.4. The van der Waals surface area contributed by atoms with Crippen LogP contribution in [0.1, 0.15) is 91.8 Å². The van der Waals surface area contributed by atoms with Crippen molar-refractivity contribution in [2.45, 2.75) is 79.2 Å². The first-order valence-electron chi connectivity index (χ1n) is 22.5. The average molecular weight is 936 g/mol. The monoisotopic (exact) mass is 935 g/mol. The minimum absolute atomic E-state index is 0.186. The number of methoxy groups -OCH3 is 1. The highest BCUT2D eigenvalue weighted by molar-refractivity contribution is 7.13. The average Bonchev–Trinajstić information content (AvgIpc) is 3.66. The van der Waals surface area contributed by atoms with Crippen molar-refractivity contribution >= 4 is 68.9 Å². The lowest BCUT2D eigenvalue weighted by Gasteiger charge is -2.34. The van der Waals surface area contributed by atoms with Crippen molar-refractivity contribution < 1.29 is 33.8 Å². The Morgan fingerprint density at radius 3 is 2.12 bits per heavy atom. The van der Waals surface area contributed by atoms with Gasteiger partial charge in [0.15, 0.2) is 6.23 Å². The number of amides is 4. The van der Waals surface area contributed by atoms with Crippen molar-refractivity contribution in [1.82, 2.24) is 43.7 Å². The molecule has 8 rings (SSSR count). The van der Waals surface area contributed by atoms with E-state index in [1.807, 2.05) is 49.3 Å². The lowest BCUT2D eigenvalue weighted by Crippen LogP contribution is -2.49. The fraction of sp³-hybridized carbons (Fsp3) is 0.435. The smallest absolute Gasteiger partial charge is 0.269 e. The van der Waals surface area contributed by atoms with Gasteiger partial charge in [0, 0.05) is 69.4 Å². The van der Waals surface area contributed by atoms with Crippen molar-refractivity contribution in [3.05, 3.63) is 80.6 Å². The van der Waals surface area contributed by atoms with Gasteiger partial charge >= 0.3 is 0 Å². The minimum atomic E-state index is -1.21. The molecule has 4 aromatic heterocycles. The normalized spacial score (nSPS) is 14.9. The number of aliphatic hydroxyl groups excluding tert-OH is 1. The molecule has 1 aliphatic carbocycles. The molecule has 1 atom stereocenters. The number of hydrogen-bond donors (Lipinski definition) is 5. The van der Waals surface area contributed by atoms with Gasteiger partial charge in [-0.2, -0.15) is 5.10 Å². The first kappa shape index (κ1) is 46.7. The molecule has 1 saturated heterocycles. The van der Waals surface area contributed by atoms with Gasteiger partial charge in [-0.1, -0.05) is 19.1 Å². The number of fused-ring (bicyclic) bond motifs is 2. The van der Waals surface area contributed by atoms with E-state index in [9.17, 15) is 24.3 Å². The molecule has 354 valence electrons. The number of aliphatic hydroxyl groups is 1. The van der Waals surface area contributed by atoms with Gasteiger partial charge in [0.05, 0.1) is 46.8 Å². The van der Waals surface area contributed by atoms with Crippen LogP contribution >= 0.6 is 11.3 Å². The second kappa shape index (κ2) is 19.9. The number of nitrogens with two attached hydrogens (primary N) is 2. The Hall–Kier alpha value is -6.84. The van der Waals surface area contributed by atoms with Gasteiger partial charge in [0.1, 0.15) is 27.4 Å². The maximum atomic E-state index is 13.8. The minimum Gasteiger partial charge on any atom is -0.494 e. The second-order valence-electron chi connectivity index (χ2n) is 16.7. The number of nitrogens with zero attached hydrogens (tertiary/aromatic N) is 9. The van der Waals surface area contributed by atoms with Gasteiger partial charge in [-0.15, -0.1) is 11.3 Å². The number of carbonyl (C=O) groups excluding carboxylic acids is 4. The summed E-state index contributed by atoms with van der Waals surface area (Å²) in [5, 5.41) is 23.0. The van der Waals surface area contributed by atoms with Crippen LogP contribution in [0.3, 0.4) is 0 Å². The van der Waals surface area contributed by atoms with Crippen LogP contribution in [0, 0.1) is 19.8 Å². The molecule has 1 unspecified atom stereocenters. The van der Waals surface area contributed by atoms with Crippen LogP contribution < -0.4 is 31.6 Å². The number of primary amides is 2. The Balaban J connectivity index is 1.10. The van der Waals surface area contributed by atoms with Crippen molar-refractivity contribution in [2.75, 3.05) is 57.1 Å². The predicted octanol–water partition coefficient (Wildman–Crippen LogP) is 4.38. The van der Waals surface area contributed by atoms with Crippen LogP contribution in [0.4, 0.5) is 11.9 Å². The maximum absolute atomic E-state index is 13.8. The van der Waals surface area contributed by atoms with Gasteiger partial charge in [-0.05, 0) is 76.8 Å². The number of aryl methyl sites for hydroxylation is 4. The molecule has 6 aromatic rings. The topological polar surface area (TPSA) is 256 Å². The van der Waals surface area contributed by atoms with Crippen molar-refractivity contribution in [2.24, 2.45) is 17.4 Å². The van der Waals surface area contributed by atoms with E-state index in [4.69, 9.17) is 30.9 Å². The number of piperazine rings is 1. The molecule has 2 aliphatic rings. The number of ether oxygens (including phenoxy) is 2. The molecule has 2 aromatic carbocycles. The van der Waals surface area contributed by atoms with Crippen LogP contribution in [-0.4, -0.2) is 119 Å². The molecular formula is C46H57N13O7S. The first-order valence-corrected chi connectivity index (χ1v) is 23.4. The first-order chi connectivity index (χ1) is 32.3. The molecule has 1 aliphatic heterocycles. The molecule has 0 spiro atoms. The fourth-order valence-corrected chi connectivity index (χ4v) is 9.37. The zero-order valence-corrected chi connectivity index (χ0v) is 39.2. The van der Waals surface area contributed by atoms with Gasteiger partial charge < -0.3 is 45.4 Å². The zero-order chi connectivity index (χ0) is 47.5. The van der Waals surface area contributed by atoms with Crippen molar-refractivity contribution in [3.8, 4) is 11.5 Å². The van der Waals surface area contributed by atoms with Crippen LogP contribution in [-0.2, 0) is 30.8 Å². The third-order valence-corrected chi connectivity index (χ3v) is 13.0. The Morgan fingerprint density at radius 2 is 1.51 bits per heavy atom. The summed E-state index contributed by atoms with van der Waals surface area (Å²) in [6.45, 7) is 12.6. The Morgan fingerprint density at radius 1 is 0.881 bits per heavy atom. The second-order valence-corrected chi connectivity index (χ2v) is 17.9. The van der Waals surface area contributed by atoms with E-state index >= 15 is 0 Å². The fourth-order valence-electron chi connectivity index (χ4n) is 8.46. The molecule has 2 fully saturated rings. The Kier molecular flexibility index (Phi) is 13.9. The van der Waals surface area contributed by atoms with Crippen LogP contribution in [0.5, 0.6) is 11.5 Å². The molecular weight excluding hydrogens is 879 g/mol. The van der Waals surface area contributed by atoms with Gasteiger partial charge in [-0.3, -0.25) is 34.1 Å². The molecule has 5 heterocycles. The quantitative estimate of drug-likeness (QED) is 0.0405. The molecule has 20 nitrogen and oxygen atoms in total. The number of carbonyl (C=O) groups is 4. The summed E-state index contributed by atoms with van der Waals surface area (Å²) in [7, 11) is 1.48. The van der Waals surface area contributed by atoms with Gasteiger partial charge in [0.2, 0.25) is 29.6 Å². The SMILES string of the molecule is CCc1nc(C)sc1C(=O)Nc1nc2cc(C(N)=O)cc(OC)c2n1C/C=C/Cn1c(NC(O)c2cc(C)nn2CC)nc2cc(C(N)=O)cc(OCCCN3CCN(C(=O)C4CC4)CC3)c21. The van der Waals surface area contributed by atoms with Crippen LogP contribution in [0.15, 0.2) is 42.5 Å². The Labute approximate surface area is 390 Å².